The van der Waals surface area contributed by atoms with E-state index in [0.29, 0.717) is 17.3 Å². The second kappa shape index (κ2) is 6.76. The number of aromatic nitrogens is 2. The lowest BCUT2D eigenvalue weighted by Gasteiger charge is -2.30. The number of carbonyl (C=O) groups is 1. The summed E-state index contributed by atoms with van der Waals surface area (Å²) in [6.07, 6.45) is 6.11. The fourth-order valence-electron chi connectivity index (χ4n) is 2.61. The molecular formula is C16H20ClN3O. The van der Waals surface area contributed by atoms with Gasteiger partial charge in [0.25, 0.3) is 5.91 Å². The second-order valence-electron chi connectivity index (χ2n) is 4.95. The molecule has 112 valence electrons. The van der Waals surface area contributed by atoms with Crippen molar-refractivity contribution in [1.82, 2.24) is 14.5 Å². The van der Waals surface area contributed by atoms with Crippen LogP contribution < -0.4 is 0 Å². The van der Waals surface area contributed by atoms with Crippen LogP contribution in [-0.2, 0) is 7.05 Å². The molecule has 0 saturated heterocycles. The van der Waals surface area contributed by atoms with Gasteiger partial charge in [-0.3, -0.25) is 9.78 Å². The standard InChI is InChI=1S/C16H20ClN3O/c1-4-14(12-6-8-18-9-7-12)20(5-2)16(21)15-10-13(17)11-19(15)3/h6-11,14H,4-5H2,1-3H3/t14-/m0/s1. The topological polar surface area (TPSA) is 38.1 Å². The van der Waals surface area contributed by atoms with Crippen LogP contribution in [0.25, 0.3) is 0 Å². The Morgan fingerprint density at radius 1 is 1.38 bits per heavy atom. The fourth-order valence-corrected chi connectivity index (χ4v) is 2.86. The minimum atomic E-state index is -0.00411. The molecule has 1 amide bonds. The van der Waals surface area contributed by atoms with Gasteiger partial charge in [-0.15, -0.1) is 0 Å². The molecule has 2 aromatic heterocycles. The van der Waals surface area contributed by atoms with Crippen LogP contribution in [0.2, 0.25) is 5.02 Å². The SMILES string of the molecule is CC[C@@H](c1ccncc1)N(CC)C(=O)c1cc(Cl)cn1C. The van der Waals surface area contributed by atoms with E-state index in [1.54, 1.807) is 29.2 Å². The van der Waals surface area contributed by atoms with Gasteiger partial charge in [-0.2, -0.15) is 0 Å². The Morgan fingerprint density at radius 3 is 2.52 bits per heavy atom. The van der Waals surface area contributed by atoms with E-state index >= 15 is 0 Å². The Kier molecular flexibility index (Phi) is 5.02. The number of amides is 1. The zero-order valence-electron chi connectivity index (χ0n) is 12.6. The van der Waals surface area contributed by atoms with E-state index < -0.39 is 0 Å². The molecule has 0 bridgehead atoms. The summed E-state index contributed by atoms with van der Waals surface area (Å²) in [4.78, 5) is 18.7. The van der Waals surface area contributed by atoms with Crippen molar-refractivity contribution >= 4 is 17.5 Å². The lowest BCUT2D eigenvalue weighted by atomic mass is 10.0. The molecule has 2 heterocycles. The van der Waals surface area contributed by atoms with E-state index in [0.717, 1.165) is 12.0 Å². The zero-order valence-corrected chi connectivity index (χ0v) is 13.3. The van der Waals surface area contributed by atoms with E-state index in [1.165, 1.54) is 0 Å². The number of carbonyl (C=O) groups excluding carboxylic acids is 1. The van der Waals surface area contributed by atoms with E-state index in [9.17, 15) is 4.79 Å². The van der Waals surface area contributed by atoms with Crippen molar-refractivity contribution in [3.8, 4) is 0 Å². The molecule has 5 heteroatoms. The predicted molar refractivity (Wildman–Crippen MR) is 84.4 cm³/mol. The van der Waals surface area contributed by atoms with Gasteiger partial charge < -0.3 is 9.47 Å². The van der Waals surface area contributed by atoms with Crippen molar-refractivity contribution in [2.75, 3.05) is 6.54 Å². The first-order valence-electron chi connectivity index (χ1n) is 7.11. The molecule has 0 spiro atoms. The third kappa shape index (κ3) is 3.27. The quantitative estimate of drug-likeness (QED) is 0.845. The van der Waals surface area contributed by atoms with E-state index in [4.69, 9.17) is 11.6 Å². The van der Waals surface area contributed by atoms with Crippen LogP contribution in [0.3, 0.4) is 0 Å². The molecule has 0 N–H and O–H groups in total. The summed E-state index contributed by atoms with van der Waals surface area (Å²) in [5.74, 6) is -0.00411. The first-order valence-corrected chi connectivity index (χ1v) is 7.49. The number of hydrogen-bond acceptors (Lipinski definition) is 2. The van der Waals surface area contributed by atoms with Gasteiger partial charge in [0.2, 0.25) is 0 Å². The monoisotopic (exact) mass is 305 g/mol. The number of aryl methyl sites for hydroxylation is 1. The van der Waals surface area contributed by atoms with Gasteiger partial charge in [0, 0.05) is 32.2 Å². The summed E-state index contributed by atoms with van der Waals surface area (Å²) in [6.45, 7) is 4.72. The Hall–Kier alpha value is -1.81. The molecule has 4 nitrogen and oxygen atoms in total. The summed E-state index contributed by atoms with van der Waals surface area (Å²) in [6, 6.07) is 5.68. The molecule has 1 atom stereocenters. The predicted octanol–water partition coefficient (Wildman–Crippen LogP) is 3.69. The maximum absolute atomic E-state index is 12.8. The number of hydrogen-bond donors (Lipinski definition) is 0. The summed E-state index contributed by atoms with van der Waals surface area (Å²) in [5.41, 5.74) is 1.71. The van der Waals surface area contributed by atoms with Crippen LogP contribution in [-0.4, -0.2) is 26.9 Å². The van der Waals surface area contributed by atoms with E-state index in [2.05, 4.69) is 11.9 Å². The number of rotatable bonds is 5. The van der Waals surface area contributed by atoms with Crippen molar-refractivity contribution in [2.24, 2.45) is 7.05 Å². The van der Waals surface area contributed by atoms with Crippen molar-refractivity contribution in [2.45, 2.75) is 26.3 Å². The van der Waals surface area contributed by atoms with Gasteiger partial charge in [-0.25, -0.2) is 0 Å². The van der Waals surface area contributed by atoms with Crippen LogP contribution in [0, 0.1) is 0 Å². The van der Waals surface area contributed by atoms with Crippen LogP contribution in [0.15, 0.2) is 36.8 Å². The van der Waals surface area contributed by atoms with Gasteiger partial charge in [0.15, 0.2) is 0 Å². The molecule has 0 unspecified atom stereocenters. The highest BCUT2D eigenvalue weighted by Gasteiger charge is 2.25. The molecule has 21 heavy (non-hydrogen) atoms. The van der Waals surface area contributed by atoms with Gasteiger partial charge in [-0.05, 0) is 37.1 Å². The maximum Gasteiger partial charge on any atom is 0.271 e. The third-order valence-corrected chi connectivity index (χ3v) is 3.85. The molecule has 0 radical (unpaired) electrons. The van der Waals surface area contributed by atoms with Crippen LogP contribution in [0.4, 0.5) is 0 Å². The normalized spacial score (nSPS) is 12.2. The van der Waals surface area contributed by atoms with Crippen molar-refractivity contribution < 1.29 is 4.79 Å². The summed E-state index contributed by atoms with van der Waals surface area (Å²) >= 11 is 5.99. The number of halogens is 1. The summed E-state index contributed by atoms with van der Waals surface area (Å²) < 4.78 is 1.77. The molecule has 0 aliphatic carbocycles. The number of nitrogens with zero attached hydrogens (tertiary/aromatic N) is 3. The average molecular weight is 306 g/mol. The highest BCUT2D eigenvalue weighted by atomic mass is 35.5. The summed E-state index contributed by atoms with van der Waals surface area (Å²) in [5, 5.41) is 0.578. The van der Waals surface area contributed by atoms with Crippen molar-refractivity contribution in [1.29, 1.82) is 0 Å². The van der Waals surface area contributed by atoms with Crippen LogP contribution in [0.5, 0.6) is 0 Å². The lowest BCUT2D eigenvalue weighted by Crippen LogP contribution is -2.35. The smallest absolute Gasteiger partial charge is 0.271 e. The molecule has 0 aliphatic heterocycles. The highest BCUT2D eigenvalue weighted by molar-refractivity contribution is 6.31. The Labute approximate surface area is 130 Å². The summed E-state index contributed by atoms with van der Waals surface area (Å²) in [7, 11) is 1.83. The van der Waals surface area contributed by atoms with Gasteiger partial charge in [0.05, 0.1) is 11.1 Å². The molecule has 0 aromatic carbocycles. The largest absolute Gasteiger partial charge is 0.345 e. The minimum absolute atomic E-state index is 0.00411. The van der Waals surface area contributed by atoms with E-state index in [-0.39, 0.29) is 11.9 Å². The van der Waals surface area contributed by atoms with Crippen LogP contribution >= 0.6 is 11.6 Å². The average Bonchev–Trinajstić information content (AvgIpc) is 2.83. The van der Waals surface area contributed by atoms with E-state index in [1.807, 2.05) is 31.0 Å². The van der Waals surface area contributed by atoms with Crippen molar-refractivity contribution in [3.63, 3.8) is 0 Å². The van der Waals surface area contributed by atoms with Crippen LogP contribution in [0.1, 0.15) is 42.4 Å². The molecule has 2 rings (SSSR count). The third-order valence-electron chi connectivity index (χ3n) is 3.65. The Bertz CT molecular complexity index is 609. The first kappa shape index (κ1) is 15.6. The molecule has 0 saturated carbocycles. The molecule has 0 fully saturated rings. The number of pyridine rings is 1. The lowest BCUT2D eigenvalue weighted by molar-refractivity contribution is 0.0673. The van der Waals surface area contributed by atoms with Crippen molar-refractivity contribution in [3.05, 3.63) is 53.1 Å². The van der Waals surface area contributed by atoms with Gasteiger partial charge in [0.1, 0.15) is 5.69 Å². The van der Waals surface area contributed by atoms with Gasteiger partial charge >= 0.3 is 0 Å². The Morgan fingerprint density at radius 2 is 2.05 bits per heavy atom. The molecular weight excluding hydrogens is 286 g/mol. The maximum atomic E-state index is 12.8. The zero-order chi connectivity index (χ0) is 15.4. The molecule has 0 aliphatic rings. The van der Waals surface area contributed by atoms with Gasteiger partial charge in [-0.1, -0.05) is 18.5 Å². The Balaban J connectivity index is 2.33. The minimum Gasteiger partial charge on any atom is -0.345 e. The first-order chi connectivity index (χ1) is 10.1. The fraction of sp³-hybridized carbons (Fsp3) is 0.375. The highest BCUT2D eigenvalue weighted by Crippen LogP contribution is 2.26. The second-order valence-corrected chi connectivity index (χ2v) is 5.39. The molecule has 2 aromatic rings.